The van der Waals surface area contributed by atoms with Crippen LogP contribution in [0.2, 0.25) is 0 Å². The number of esters is 1. The topological polar surface area (TPSA) is 114 Å². The molecular formula is C18H17N5O2S3. The van der Waals surface area contributed by atoms with E-state index in [-0.39, 0.29) is 6.61 Å². The first kappa shape index (κ1) is 20.1. The molecule has 2 aromatic heterocycles. The van der Waals surface area contributed by atoms with E-state index < -0.39 is 5.97 Å². The number of aryl methyl sites for hydroxylation is 1. The summed E-state index contributed by atoms with van der Waals surface area (Å²) in [5, 5.41) is 21.9. The van der Waals surface area contributed by atoms with E-state index in [1.54, 1.807) is 6.92 Å². The highest BCUT2D eigenvalue weighted by Gasteiger charge is 2.23. The van der Waals surface area contributed by atoms with Crippen LogP contribution in [0.3, 0.4) is 0 Å². The van der Waals surface area contributed by atoms with Crippen molar-refractivity contribution in [1.29, 1.82) is 5.26 Å². The van der Waals surface area contributed by atoms with E-state index in [4.69, 9.17) is 10.5 Å². The van der Waals surface area contributed by atoms with Gasteiger partial charge < -0.3 is 15.8 Å². The maximum Gasteiger partial charge on any atom is 0.348 e. The highest BCUT2D eigenvalue weighted by Crippen LogP contribution is 2.37. The molecule has 0 aliphatic carbocycles. The van der Waals surface area contributed by atoms with Gasteiger partial charge in [0.15, 0.2) is 4.34 Å². The highest BCUT2D eigenvalue weighted by atomic mass is 32.2. The Hall–Kier alpha value is -2.61. The summed E-state index contributed by atoms with van der Waals surface area (Å²) in [6, 6.07) is 10.0. The van der Waals surface area contributed by atoms with Crippen LogP contribution in [0, 0.1) is 18.3 Å². The molecule has 28 heavy (non-hydrogen) atoms. The molecule has 1 aromatic carbocycles. The molecule has 3 aromatic rings. The number of nitrogens with zero attached hydrogens (tertiary/aromatic N) is 3. The van der Waals surface area contributed by atoms with Gasteiger partial charge in [-0.2, -0.15) is 5.26 Å². The molecule has 7 nitrogen and oxygen atoms in total. The standard InChI is InChI=1S/C18H17N5O2S3/c1-3-25-16(24)14-13(12(8-19)15(20)27-14)9-26-18-23-22-17(28-18)21-11-6-4-5-10(2)7-11/h4-7H,3,9,20H2,1-2H3,(H,21,22). The average Bonchev–Trinajstić information content (AvgIpc) is 3.23. The largest absolute Gasteiger partial charge is 0.462 e. The van der Waals surface area contributed by atoms with Crippen LogP contribution < -0.4 is 11.1 Å². The number of nitrogens with one attached hydrogen (secondary N) is 1. The lowest BCUT2D eigenvalue weighted by molar-refractivity contribution is 0.0531. The number of hydrogen-bond donors (Lipinski definition) is 2. The van der Waals surface area contributed by atoms with Gasteiger partial charge in [0.2, 0.25) is 5.13 Å². The maximum atomic E-state index is 12.2. The molecule has 0 aliphatic rings. The molecule has 0 atom stereocenters. The third-order valence-corrected chi connectivity index (χ3v) is 6.66. The van der Waals surface area contributed by atoms with Crippen molar-refractivity contribution in [2.24, 2.45) is 0 Å². The Balaban J connectivity index is 1.73. The monoisotopic (exact) mass is 431 g/mol. The number of nitriles is 1. The fourth-order valence-corrected chi connectivity index (χ4v) is 5.23. The van der Waals surface area contributed by atoms with Crippen molar-refractivity contribution in [3.05, 3.63) is 45.8 Å². The van der Waals surface area contributed by atoms with Crippen LogP contribution in [0.15, 0.2) is 28.6 Å². The van der Waals surface area contributed by atoms with E-state index in [0.717, 1.165) is 26.9 Å². The number of thioether (sulfide) groups is 1. The summed E-state index contributed by atoms with van der Waals surface area (Å²) < 4.78 is 5.80. The first-order valence-corrected chi connectivity index (χ1v) is 10.9. The number of aromatic nitrogens is 2. The molecule has 0 saturated heterocycles. The van der Waals surface area contributed by atoms with Crippen LogP contribution >= 0.6 is 34.4 Å². The Kier molecular flexibility index (Phi) is 6.51. The van der Waals surface area contributed by atoms with Gasteiger partial charge >= 0.3 is 5.97 Å². The number of carbonyl (C=O) groups is 1. The lowest BCUT2D eigenvalue weighted by atomic mass is 10.2. The van der Waals surface area contributed by atoms with Crippen LogP contribution in [-0.2, 0) is 10.5 Å². The number of nitrogen functional groups attached to an aromatic ring is 1. The zero-order chi connectivity index (χ0) is 20.1. The lowest BCUT2D eigenvalue weighted by Gasteiger charge is -2.03. The van der Waals surface area contributed by atoms with Gasteiger partial charge in [-0.3, -0.25) is 0 Å². The van der Waals surface area contributed by atoms with Gasteiger partial charge in [-0.1, -0.05) is 35.2 Å². The van der Waals surface area contributed by atoms with Crippen LogP contribution in [0.1, 0.15) is 33.3 Å². The number of anilines is 3. The SMILES string of the molecule is CCOC(=O)c1sc(N)c(C#N)c1CSc1nnc(Nc2cccc(C)c2)s1. The molecule has 0 unspecified atom stereocenters. The molecule has 0 radical (unpaired) electrons. The van der Waals surface area contributed by atoms with Crippen molar-refractivity contribution >= 4 is 56.2 Å². The summed E-state index contributed by atoms with van der Waals surface area (Å²) in [4.78, 5) is 12.5. The molecule has 0 saturated carbocycles. The van der Waals surface area contributed by atoms with Crippen molar-refractivity contribution in [3.8, 4) is 6.07 Å². The molecule has 3 rings (SSSR count). The van der Waals surface area contributed by atoms with E-state index in [1.165, 1.54) is 23.1 Å². The van der Waals surface area contributed by atoms with Gasteiger partial charge in [-0.25, -0.2) is 4.79 Å². The molecule has 2 heterocycles. The second-order valence-electron chi connectivity index (χ2n) is 5.64. The van der Waals surface area contributed by atoms with E-state index in [1.807, 2.05) is 31.2 Å². The third-order valence-electron chi connectivity index (χ3n) is 3.62. The maximum absolute atomic E-state index is 12.2. The Morgan fingerprint density at radius 2 is 2.21 bits per heavy atom. The van der Waals surface area contributed by atoms with Gasteiger partial charge in [0, 0.05) is 17.0 Å². The molecule has 3 N–H and O–H groups in total. The van der Waals surface area contributed by atoms with Crippen molar-refractivity contribution in [1.82, 2.24) is 10.2 Å². The number of rotatable bonds is 7. The molecule has 10 heteroatoms. The predicted molar refractivity (Wildman–Crippen MR) is 113 cm³/mol. The van der Waals surface area contributed by atoms with Crippen LogP contribution in [0.4, 0.5) is 15.8 Å². The molecule has 0 spiro atoms. The summed E-state index contributed by atoms with van der Waals surface area (Å²) in [6.45, 7) is 4.01. The Labute approximate surface area is 174 Å². The molecule has 144 valence electrons. The van der Waals surface area contributed by atoms with Crippen LogP contribution in [0.25, 0.3) is 0 Å². The van der Waals surface area contributed by atoms with E-state index in [0.29, 0.717) is 31.9 Å². The van der Waals surface area contributed by atoms with Crippen molar-refractivity contribution in [2.45, 2.75) is 23.9 Å². The molecule has 0 amide bonds. The predicted octanol–water partition coefficient (Wildman–Crippen LogP) is 4.57. The lowest BCUT2D eigenvalue weighted by Crippen LogP contribution is -2.05. The van der Waals surface area contributed by atoms with Gasteiger partial charge in [0.1, 0.15) is 15.9 Å². The fraction of sp³-hybridized carbons (Fsp3) is 0.222. The number of benzene rings is 1. The smallest absolute Gasteiger partial charge is 0.348 e. The summed E-state index contributed by atoms with van der Waals surface area (Å²) >= 11 is 3.88. The number of ether oxygens (including phenoxy) is 1. The average molecular weight is 432 g/mol. The summed E-state index contributed by atoms with van der Waals surface area (Å²) in [5.74, 6) is -0.0838. The normalized spacial score (nSPS) is 10.5. The second kappa shape index (κ2) is 9.05. The Morgan fingerprint density at radius 3 is 2.93 bits per heavy atom. The minimum atomic E-state index is -0.463. The zero-order valence-electron chi connectivity index (χ0n) is 15.2. The third kappa shape index (κ3) is 4.62. The van der Waals surface area contributed by atoms with Gasteiger partial charge in [-0.15, -0.1) is 21.5 Å². The first-order valence-electron chi connectivity index (χ1n) is 8.30. The quantitative estimate of drug-likeness (QED) is 0.413. The number of nitrogens with two attached hydrogens (primary N) is 1. The minimum Gasteiger partial charge on any atom is -0.462 e. The zero-order valence-corrected chi connectivity index (χ0v) is 17.6. The summed E-state index contributed by atoms with van der Waals surface area (Å²) in [5.41, 5.74) is 8.89. The molecule has 0 aliphatic heterocycles. The van der Waals surface area contributed by atoms with E-state index >= 15 is 0 Å². The van der Waals surface area contributed by atoms with Gasteiger partial charge in [-0.05, 0) is 31.5 Å². The number of thiophene rings is 1. The van der Waals surface area contributed by atoms with Gasteiger partial charge in [0.05, 0.1) is 12.2 Å². The highest BCUT2D eigenvalue weighted by molar-refractivity contribution is 8.00. The number of hydrogen-bond acceptors (Lipinski definition) is 10. The molecule has 0 bridgehead atoms. The van der Waals surface area contributed by atoms with E-state index in [9.17, 15) is 10.1 Å². The van der Waals surface area contributed by atoms with E-state index in [2.05, 4.69) is 21.6 Å². The van der Waals surface area contributed by atoms with Crippen LogP contribution in [0.5, 0.6) is 0 Å². The van der Waals surface area contributed by atoms with Crippen molar-refractivity contribution < 1.29 is 9.53 Å². The summed E-state index contributed by atoms with van der Waals surface area (Å²) in [6.07, 6.45) is 0. The Bertz CT molecular complexity index is 1040. The van der Waals surface area contributed by atoms with Gasteiger partial charge in [0.25, 0.3) is 0 Å². The minimum absolute atomic E-state index is 0.259. The Morgan fingerprint density at radius 1 is 1.39 bits per heavy atom. The number of carbonyl (C=O) groups excluding carboxylic acids is 1. The van der Waals surface area contributed by atoms with Crippen molar-refractivity contribution in [2.75, 3.05) is 17.7 Å². The van der Waals surface area contributed by atoms with Crippen LogP contribution in [-0.4, -0.2) is 22.8 Å². The fourth-order valence-electron chi connectivity index (χ4n) is 2.41. The molecular weight excluding hydrogens is 414 g/mol. The van der Waals surface area contributed by atoms with Crippen molar-refractivity contribution in [3.63, 3.8) is 0 Å². The second-order valence-corrected chi connectivity index (χ2v) is 8.89. The summed E-state index contributed by atoms with van der Waals surface area (Å²) in [7, 11) is 0. The first-order chi connectivity index (χ1) is 13.5. The molecule has 0 fully saturated rings.